The van der Waals surface area contributed by atoms with Crippen molar-refractivity contribution in [3.63, 3.8) is 0 Å². The zero-order valence-corrected chi connectivity index (χ0v) is 10.9. The molecule has 0 aromatic rings. The number of hydrogen-bond acceptors (Lipinski definition) is 4. The number of hydrogen-bond donors (Lipinski definition) is 2. The quantitative estimate of drug-likeness (QED) is 0.303. The van der Waals surface area contributed by atoms with Crippen molar-refractivity contribution in [2.75, 3.05) is 19.1 Å². The van der Waals surface area contributed by atoms with Crippen LogP contribution in [0.2, 0.25) is 0 Å². The van der Waals surface area contributed by atoms with Gasteiger partial charge in [0, 0.05) is 24.3 Å². The second-order valence-corrected chi connectivity index (χ2v) is 4.74. The predicted octanol–water partition coefficient (Wildman–Crippen LogP) is 1.58. The van der Waals surface area contributed by atoms with Gasteiger partial charge in [-0.1, -0.05) is 12.1 Å². The normalized spacial score (nSPS) is 16.7. The first-order valence-electron chi connectivity index (χ1n) is 5.24. The number of rotatable bonds is 7. The van der Waals surface area contributed by atoms with Gasteiger partial charge in [-0.25, -0.2) is 0 Å². The molecule has 0 aromatic heterocycles. The van der Waals surface area contributed by atoms with Gasteiger partial charge in [0.1, 0.15) is 5.84 Å². The van der Waals surface area contributed by atoms with Crippen molar-refractivity contribution in [3.05, 3.63) is 0 Å². The molecule has 0 aliphatic heterocycles. The zero-order chi connectivity index (χ0) is 11.8. The molecule has 4 nitrogen and oxygen atoms in total. The molecule has 3 N–H and O–H groups in total. The minimum atomic E-state index is 0.299. The number of amidine groups is 1. The van der Waals surface area contributed by atoms with Gasteiger partial charge in [-0.3, -0.25) is 4.90 Å². The molecule has 0 fully saturated rings. The summed E-state index contributed by atoms with van der Waals surface area (Å²) in [5.41, 5.74) is 5.50. The van der Waals surface area contributed by atoms with Crippen LogP contribution in [0, 0.1) is 0 Å². The van der Waals surface area contributed by atoms with Gasteiger partial charge in [-0.2, -0.15) is 11.8 Å². The summed E-state index contributed by atoms with van der Waals surface area (Å²) >= 11 is 1.85. The summed E-state index contributed by atoms with van der Waals surface area (Å²) in [4.78, 5) is 2.30. The lowest BCUT2D eigenvalue weighted by Crippen LogP contribution is -2.41. The van der Waals surface area contributed by atoms with Crippen molar-refractivity contribution in [2.45, 2.75) is 38.8 Å². The Morgan fingerprint density at radius 2 is 2.20 bits per heavy atom. The first-order valence-corrected chi connectivity index (χ1v) is 6.63. The van der Waals surface area contributed by atoms with Gasteiger partial charge in [0.05, 0.1) is 0 Å². The van der Waals surface area contributed by atoms with E-state index < -0.39 is 0 Å². The fraction of sp³-hybridized carbons (Fsp3) is 0.900. The Morgan fingerprint density at radius 1 is 1.60 bits per heavy atom. The molecule has 0 aliphatic rings. The monoisotopic (exact) mass is 233 g/mol. The Balaban J connectivity index is 4.20. The molecule has 0 aliphatic carbocycles. The molecule has 0 rings (SSSR count). The van der Waals surface area contributed by atoms with Gasteiger partial charge in [0.2, 0.25) is 0 Å². The molecular weight excluding hydrogens is 210 g/mol. The third-order valence-corrected chi connectivity index (χ3v) is 3.45. The van der Waals surface area contributed by atoms with Gasteiger partial charge < -0.3 is 10.9 Å². The first kappa shape index (κ1) is 14.6. The Hall–Kier alpha value is -0.420. The van der Waals surface area contributed by atoms with Crippen LogP contribution in [0.15, 0.2) is 5.16 Å². The third kappa shape index (κ3) is 5.28. The van der Waals surface area contributed by atoms with E-state index in [1.807, 2.05) is 11.8 Å². The lowest BCUT2D eigenvalue weighted by Gasteiger charge is -2.32. The molecule has 0 amide bonds. The van der Waals surface area contributed by atoms with E-state index in [0.717, 1.165) is 12.2 Å². The van der Waals surface area contributed by atoms with E-state index in [2.05, 4.69) is 37.2 Å². The Bertz CT molecular complexity index is 199. The van der Waals surface area contributed by atoms with Crippen LogP contribution in [0.5, 0.6) is 0 Å². The van der Waals surface area contributed by atoms with Crippen LogP contribution in [-0.4, -0.2) is 47.1 Å². The van der Waals surface area contributed by atoms with E-state index in [0.29, 0.717) is 24.3 Å². The van der Waals surface area contributed by atoms with Gasteiger partial charge >= 0.3 is 0 Å². The van der Waals surface area contributed by atoms with E-state index in [1.54, 1.807) is 0 Å². The molecule has 15 heavy (non-hydrogen) atoms. The van der Waals surface area contributed by atoms with Crippen LogP contribution < -0.4 is 5.73 Å². The fourth-order valence-electron chi connectivity index (χ4n) is 1.56. The molecule has 0 radical (unpaired) electrons. The summed E-state index contributed by atoms with van der Waals surface area (Å²) in [5, 5.41) is 11.5. The molecule has 2 atom stereocenters. The average Bonchev–Trinajstić information content (AvgIpc) is 2.24. The van der Waals surface area contributed by atoms with E-state index in [4.69, 9.17) is 10.9 Å². The number of nitrogens with zero attached hydrogens (tertiary/aromatic N) is 2. The minimum absolute atomic E-state index is 0.299. The molecule has 5 heteroatoms. The van der Waals surface area contributed by atoms with Gasteiger partial charge in [-0.15, -0.1) is 0 Å². The molecule has 0 saturated carbocycles. The average molecular weight is 233 g/mol. The van der Waals surface area contributed by atoms with Crippen LogP contribution in [0.4, 0.5) is 0 Å². The predicted molar refractivity (Wildman–Crippen MR) is 67.7 cm³/mol. The highest BCUT2D eigenvalue weighted by Crippen LogP contribution is 2.13. The molecule has 0 spiro atoms. The van der Waals surface area contributed by atoms with Crippen molar-refractivity contribution in [2.24, 2.45) is 10.9 Å². The van der Waals surface area contributed by atoms with Crippen molar-refractivity contribution in [3.8, 4) is 0 Å². The van der Waals surface area contributed by atoms with Crippen molar-refractivity contribution in [1.82, 2.24) is 4.90 Å². The van der Waals surface area contributed by atoms with E-state index in [9.17, 15) is 0 Å². The molecular formula is C10H23N3OS. The molecule has 2 unspecified atom stereocenters. The van der Waals surface area contributed by atoms with Crippen molar-refractivity contribution >= 4 is 17.6 Å². The third-order valence-electron chi connectivity index (χ3n) is 2.73. The van der Waals surface area contributed by atoms with Crippen LogP contribution in [-0.2, 0) is 0 Å². The maximum atomic E-state index is 8.50. The molecule has 90 valence electrons. The van der Waals surface area contributed by atoms with Crippen LogP contribution in [0.1, 0.15) is 26.7 Å². The Morgan fingerprint density at radius 3 is 2.60 bits per heavy atom. The minimum Gasteiger partial charge on any atom is -0.409 e. The highest BCUT2D eigenvalue weighted by molar-refractivity contribution is 7.98. The number of oxime groups is 1. The van der Waals surface area contributed by atoms with Gasteiger partial charge in [0.25, 0.3) is 0 Å². The molecule has 0 heterocycles. The second kappa shape index (κ2) is 7.82. The largest absolute Gasteiger partial charge is 0.409 e. The Labute approximate surface area is 96.9 Å². The smallest absolute Gasteiger partial charge is 0.140 e. The summed E-state index contributed by atoms with van der Waals surface area (Å²) in [7, 11) is 2.10. The van der Waals surface area contributed by atoms with Crippen LogP contribution >= 0.6 is 11.8 Å². The maximum Gasteiger partial charge on any atom is 0.140 e. The summed E-state index contributed by atoms with van der Waals surface area (Å²) in [6.07, 6.45) is 3.85. The first-order chi connectivity index (χ1) is 7.06. The van der Waals surface area contributed by atoms with Gasteiger partial charge in [-0.05, 0) is 26.6 Å². The highest BCUT2D eigenvalue weighted by atomic mass is 32.2. The lowest BCUT2D eigenvalue weighted by molar-refractivity contribution is 0.197. The summed E-state index contributed by atoms with van der Waals surface area (Å²) in [5.74, 6) is 1.42. The summed E-state index contributed by atoms with van der Waals surface area (Å²) < 4.78 is 0. The number of thioether (sulfide) groups is 1. The molecule has 0 saturated heterocycles. The topological polar surface area (TPSA) is 61.8 Å². The molecule has 0 aromatic carbocycles. The van der Waals surface area contributed by atoms with Gasteiger partial charge in [0.15, 0.2) is 0 Å². The van der Waals surface area contributed by atoms with Crippen molar-refractivity contribution in [1.29, 1.82) is 0 Å². The summed E-state index contributed by atoms with van der Waals surface area (Å²) in [6, 6.07) is 0.861. The van der Waals surface area contributed by atoms with E-state index >= 15 is 0 Å². The highest BCUT2D eigenvalue weighted by Gasteiger charge is 2.18. The van der Waals surface area contributed by atoms with Crippen LogP contribution in [0.3, 0.4) is 0 Å². The lowest BCUT2D eigenvalue weighted by atomic mass is 10.1. The zero-order valence-electron chi connectivity index (χ0n) is 10.1. The fourth-order valence-corrected chi connectivity index (χ4v) is 2.42. The summed E-state index contributed by atoms with van der Waals surface area (Å²) in [6.45, 7) is 4.29. The second-order valence-electron chi connectivity index (χ2n) is 3.83. The SMILES string of the molecule is CCC(CSC)N(C)C(C)CC(N)=NO. The molecule has 0 bridgehead atoms. The van der Waals surface area contributed by atoms with E-state index in [1.165, 1.54) is 0 Å². The standard InChI is InChI=1S/C10H23N3OS/c1-5-9(7-15-4)13(3)8(2)6-10(11)12-14/h8-9,14H,5-7H2,1-4H3,(H2,11,12). The van der Waals surface area contributed by atoms with Crippen LogP contribution in [0.25, 0.3) is 0 Å². The van der Waals surface area contributed by atoms with E-state index in [-0.39, 0.29) is 0 Å². The maximum absolute atomic E-state index is 8.50. The Kier molecular flexibility index (Phi) is 7.60. The number of nitrogens with two attached hydrogens (primary N) is 1. The van der Waals surface area contributed by atoms with Crippen molar-refractivity contribution < 1.29 is 5.21 Å².